The van der Waals surface area contributed by atoms with Crippen LogP contribution in [-0.2, 0) is 4.74 Å². The summed E-state index contributed by atoms with van der Waals surface area (Å²) >= 11 is 0. The summed E-state index contributed by atoms with van der Waals surface area (Å²) in [5.41, 5.74) is 15.9. The van der Waals surface area contributed by atoms with Gasteiger partial charge in [-0.25, -0.2) is 0 Å². The molecule has 0 amide bonds. The van der Waals surface area contributed by atoms with Crippen molar-refractivity contribution in [3.63, 3.8) is 0 Å². The van der Waals surface area contributed by atoms with Gasteiger partial charge < -0.3 is 21.9 Å². The Bertz CT molecular complexity index is 70.0. The minimum atomic E-state index is 0.0912. The average molecular weight is 147 g/mol. The second-order valence-corrected chi connectivity index (χ2v) is 2.09. The third-order valence-corrected chi connectivity index (χ3v) is 1.22. The standard InChI is InChI=1S/C6H17N3O/c7-2-1-6(5-9)10-4-3-8/h6H,1-5,7-9H2. The van der Waals surface area contributed by atoms with E-state index in [-0.39, 0.29) is 6.10 Å². The molecule has 0 rings (SSSR count). The van der Waals surface area contributed by atoms with Crippen LogP contribution < -0.4 is 17.2 Å². The van der Waals surface area contributed by atoms with E-state index in [9.17, 15) is 0 Å². The van der Waals surface area contributed by atoms with E-state index in [0.717, 1.165) is 6.42 Å². The molecule has 6 N–H and O–H groups in total. The lowest BCUT2D eigenvalue weighted by molar-refractivity contribution is 0.0606. The first-order chi connectivity index (χ1) is 4.85. The van der Waals surface area contributed by atoms with Crippen LogP contribution in [-0.4, -0.2) is 32.3 Å². The normalized spacial score (nSPS) is 13.5. The van der Waals surface area contributed by atoms with Crippen LogP contribution >= 0.6 is 0 Å². The van der Waals surface area contributed by atoms with E-state index in [1.807, 2.05) is 0 Å². The van der Waals surface area contributed by atoms with Gasteiger partial charge in [-0.3, -0.25) is 0 Å². The van der Waals surface area contributed by atoms with Gasteiger partial charge in [0, 0.05) is 13.1 Å². The van der Waals surface area contributed by atoms with Crippen LogP contribution in [0.15, 0.2) is 0 Å². The summed E-state index contributed by atoms with van der Waals surface area (Å²) < 4.78 is 5.25. The summed E-state index contributed by atoms with van der Waals surface area (Å²) in [5, 5.41) is 0. The Hall–Kier alpha value is -0.160. The van der Waals surface area contributed by atoms with Crippen LogP contribution in [0.2, 0.25) is 0 Å². The summed E-state index contributed by atoms with van der Waals surface area (Å²) in [4.78, 5) is 0. The van der Waals surface area contributed by atoms with E-state index in [4.69, 9.17) is 21.9 Å². The van der Waals surface area contributed by atoms with Crippen LogP contribution in [0.4, 0.5) is 0 Å². The maximum atomic E-state index is 5.38. The van der Waals surface area contributed by atoms with Gasteiger partial charge in [-0.1, -0.05) is 0 Å². The number of hydrogen-bond donors (Lipinski definition) is 3. The molecule has 1 unspecified atom stereocenters. The highest BCUT2D eigenvalue weighted by atomic mass is 16.5. The van der Waals surface area contributed by atoms with Crippen molar-refractivity contribution in [3.05, 3.63) is 0 Å². The first-order valence-corrected chi connectivity index (χ1v) is 3.57. The van der Waals surface area contributed by atoms with Gasteiger partial charge in [0.2, 0.25) is 0 Å². The third-order valence-electron chi connectivity index (χ3n) is 1.22. The Morgan fingerprint density at radius 2 is 1.80 bits per heavy atom. The zero-order valence-electron chi connectivity index (χ0n) is 6.25. The molecule has 0 aromatic heterocycles. The van der Waals surface area contributed by atoms with Gasteiger partial charge in [0.05, 0.1) is 12.7 Å². The Kier molecular flexibility index (Phi) is 6.84. The molecule has 0 bridgehead atoms. The Morgan fingerprint density at radius 1 is 1.10 bits per heavy atom. The molecule has 0 heterocycles. The Labute approximate surface area is 61.7 Å². The summed E-state index contributed by atoms with van der Waals surface area (Å²) in [6, 6.07) is 0. The summed E-state index contributed by atoms with van der Waals surface area (Å²) in [6.45, 7) is 2.26. The molecule has 1 atom stereocenters. The largest absolute Gasteiger partial charge is 0.376 e. The van der Waals surface area contributed by atoms with Crippen molar-refractivity contribution in [2.24, 2.45) is 17.2 Å². The molecule has 62 valence electrons. The van der Waals surface area contributed by atoms with Gasteiger partial charge in [0.25, 0.3) is 0 Å². The number of nitrogens with two attached hydrogens (primary N) is 3. The topological polar surface area (TPSA) is 87.3 Å². The molecular weight excluding hydrogens is 130 g/mol. The molecule has 10 heavy (non-hydrogen) atoms. The first kappa shape index (κ1) is 9.84. The van der Waals surface area contributed by atoms with E-state index in [1.54, 1.807) is 0 Å². The fourth-order valence-electron chi connectivity index (χ4n) is 0.690. The zero-order valence-corrected chi connectivity index (χ0v) is 6.25. The minimum Gasteiger partial charge on any atom is -0.376 e. The van der Waals surface area contributed by atoms with E-state index in [1.165, 1.54) is 0 Å². The summed E-state index contributed by atoms with van der Waals surface area (Å²) in [5.74, 6) is 0. The predicted molar refractivity (Wildman–Crippen MR) is 41.5 cm³/mol. The molecule has 0 aromatic rings. The van der Waals surface area contributed by atoms with Crippen molar-refractivity contribution in [1.82, 2.24) is 0 Å². The van der Waals surface area contributed by atoms with Gasteiger partial charge in [0.15, 0.2) is 0 Å². The molecule has 0 aliphatic heterocycles. The highest BCUT2D eigenvalue weighted by molar-refractivity contribution is 4.58. The lowest BCUT2D eigenvalue weighted by Crippen LogP contribution is -2.28. The fraction of sp³-hybridized carbons (Fsp3) is 1.00. The van der Waals surface area contributed by atoms with E-state index in [2.05, 4.69) is 0 Å². The SMILES string of the molecule is NCCOC(CN)CCN. The van der Waals surface area contributed by atoms with E-state index >= 15 is 0 Å². The third kappa shape index (κ3) is 4.69. The lowest BCUT2D eigenvalue weighted by Gasteiger charge is -2.13. The van der Waals surface area contributed by atoms with Gasteiger partial charge >= 0.3 is 0 Å². The molecule has 0 aliphatic carbocycles. The molecule has 0 spiro atoms. The van der Waals surface area contributed by atoms with Gasteiger partial charge in [-0.2, -0.15) is 0 Å². The van der Waals surface area contributed by atoms with Crippen LogP contribution in [0.25, 0.3) is 0 Å². The molecule has 4 nitrogen and oxygen atoms in total. The molecular formula is C6H17N3O. The molecule has 4 heteroatoms. The highest BCUT2D eigenvalue weighted by Crippen LogP contribution is 1.92. The van der Waals surface area contributed by atoms with Crippen molar-refractivity contribution in [2.45, 2.75) is 12.5 Å². The lowest BCUT2D eigenvalue weighted by atomic mass is 10.2. The molecule has 0 aliphatic rings. The molecule has 0 radical (unpaired) electrons. The van der Waals surface area contributed by atoms with E-state index in [0.29, 0.717) is 26.2 Å². The molecule has 0 saturated carbocycles. The van der Waals surface area contributed by atoms with Crippen molar-refractivity contribution in [1.29, 1.82) is 0 Å². The van der Waals surface area contributed by atoms with Crippen LogP contribution in [0.5, 0.6) is 0 Å². The molecule has 0 saturated heterocycles. The van der Waals surface area contributed by atoms with Gasteiger partial charge in [-0.05, 0) is 13.0 Å². The Balaban J connectivity index is 3.21. The predicted octanol–water partition coefficient (Wildman–Crippen LogP) is -1.36. The fourth-order valence-corrected chi connectivity index (χ4v) is 0.690. The quantitative estimate of drug-likeness (QED) is 0.433. The number of ether oxygens (including phenoxy) is 1. The average Bonchev–Trinajstić information content (AvgIpc) is 1.98. The second kappa shape index (κ2) is 6.95. The number of hydrogen-bond acceptors (Lipinski definition) is 4. The molecule has 0 aromatic carbocycles. The van der Waals surface area contributed by atoms with Crippen LogP contribution in [0.3, 0.4) is 0 Å². The van der Waals surface area contributed by atoms with Crippen molar-refractivity contribution < 1.29 is 4.74 Å². The van der Waals surface area contributed by atoms with Gasteiger partial charge in [-0.15, -0.1) is 0 Å². The minimum absolute atomic E-state index is 0.0912. The van der Waals surface area contributed by atoms with Crippen LogP contribution in [0.1, 0.15) is 6.42 Å². The van der Waals surface area contributed by atoms with Crippen molar-refractivity contribution in [3.8, 4) is 0 Å². The van der Waals surface area contributed by atoms with Gasteiger partial charge in [0.1, 0.15) is 0 Å². The second-order valence-electron chi connectivity index (χ2n) is 2.09. The van der Waals surface area contributed by atoms with Crippen molar-refractivity contribution in [2.75, 3.05) is 26.2 Å². The Morgan fingerprint density at radius 3 is 2.20 bits per heavy atom. The zero-order chi connectivity index (χ0) is 7.82. The summed E-state index contributed by atoms with van der Waals surface area (Å²) in [7, 11) is 0. The molecule has 0 fully saturated rings. The smallest absolute Gasteiger partial charge is 0.0709 e. The first-order valence-electron chi connectivity index (χ1n) is 3.57. The van der Waals surface area contributed by atoms with Crippen molar-refractivity contribution >= 4 is 0 Å². The maximum absolute atomic E-state index is 5.38. The van der Waals surface area contributed by atoms with Crippen LogP contribution in [0, 0.1) is 0 Å². The summed E-state index contributed by atoms with van der Waals surface area (Å²) in [6.07, 6.45) is 0.907. The monoisotopic (exact) mass is 147 g/mol. The van der Waals surface area contributed by atoms with E-state index < -0.39 is 0 Å². The highest BCUT2D eigenvalue weighted by Gasteiger charge is 2.03. The number of rotatable bonds is 6. The maximum Gasteiger partial charge on any atom is 0.0709 e.